The standard InChI is InChI=1S/C22H16ClFN2O3S/c23-12-8-9-15-16(10-12)30-22(25-15)26-18(13-6-1-2-7-14(13)24)17(20(28)21(26)29)19(27)11-4-3-5-11/h1-2,6-11,18,28H,3-5H2. The molecule has 1 atom stereocenters. The SMILES string of the molecule is O=C(C1=C(O)C(=O)N(c2nc3ccc(Cl)cc3s2)C1c1ccccc1F)C1CCC1. The van der Waals surface area contributed by atoms with Crippen LogP contribution in [0.25, 0.3) is 10.2 Å². The maximum atomic E-state index is 14.8. The van der Waals surface area contributed by atoms with E-state index in [0.29, 0.717) is 23.4 Å². The van der Waals surface area contributed by atoms with Gasteiger partial charge < -0.3 is 5.11 Å². The van der Waals surface area contributed by atoms with Gasteiger partial charge in [0.15, 0.2) is 16.7 Å². The summed E-state index contributed by atoms with van der Waals surface area (Å²) in [5.74, 6) is -2.49. The van der Waals surface area contributed by atoms with Crippen molar-refractivity contribution in [2.75, 3.05) is 4.90 Å². The summed E-state index contributed by atoms with van der Waals surface area (Å²) >= 11 is 7.26. The second kappa shape index (κ2) is 7.18. The Hall–Kier alpha value is -2.77. The second-order valence-corrected chi connectivity index (χ2v) is 8.91. The van der Waals surface area contributed by atoms with Crippen molar-refractivity contribution in [2.24, 2.45) is 5.92 Å². The number of nitrogens with zero attached hydrogens (tertiary/aromatic N) is 2. The van der Waals surface area contributed by atoms with Crippen LogP contribution in [0.15, 0.2) is 53.8 Å². The first-order valence-corrected chi connectivity index (χ1v) is 10.8. The lowest BCUT2D eigenvalue weighted by Gasteiger charge is -2.29. The predicted octanol–water partition coefficient (Wildman–Crippen LogP) is 5.36. The van der Waals surface area contributed by atoms with Crippen LogP contribution in [-0.2, 0) is 9.59 Å². The first kappa shape index (κ1) is 19.2. The highest BCUT2D eigenvalue weighted by molar-refractivity contribution is 7.22. The van der Waals surface area contributed by atoms with Crippen molar-refractivity contribution in [3.63, 3.8) is 0 Å². The number of ketones is 1. The summed E-state index contributed by atoms with van der Waals surface area (Å²) in [5.41, 5.74) is 0.722. The van der Waals surface area contributed by atoms with Gasteiger partial charge in [0.25, 0.3) is 5.91 Å². The van der Waals surface area contributed by atoms with Crippen molar-refractivity contribution >= 4 is 50.0 Å². The third-order valence-corrected chi connectivity index (χ3v) is 6.95. The predicted molar refractivity (Wildman–Crippen MR) is 113 cm³/mol. The van der Waals surface area contributed by atoms with Crippen LogP contribution in [0, 0.1) is 11.7 Å². The number of amides is 1. The van der Waals surface area contributed by atoms with Gasteiger partial charge in [0.1, 0.15) is 11.9 Å². The molecule has 2 aliphatic rings. The van der Waals surface area contributed by atoms with E-state index in [1.165, 1.54) is 34.4 Å². The summed E-state index contributed by atoms with van der Waals surface area (Å²) < 4.78 is 15.5. The molecule has 1 fully saturated rings. The van der Waals surface area contributed by atoms with Gasteiger partial charge in [-0.15, -0.1) is 0 Å². The molecule has 1 amide bonds. The van der Waals surface area contributed by atoms with E-state index in [1.807, 2.05) is 0 Å². The van der Waals surface area contributed by atoms with E-state index in [4.69, 9.17) is 11.6 Å². The number of carbonyl (C=O) groups excluding carboxylic acids is 2. The fourth-order valence-electron chi connectivity index (χ4n) is 3.93. The highest BCUT2D eigenvalue weighted by Crippen LogP contribution is 2.46. The van der Waals surface area contributed by atoms with E-state index in [2.05, 4.69) is 4.98 Å². The van der Waals surface area contributed by atoms with E-state index in [9.17, 15) is 19.1 Å². The molecule has 1 aliphatic heterocycles. The molecular formula is C22H16ClFN2O3S. The van der Waals surface area contributed by atoms with Crippen molar-refractivity contribution in [3.05, 3.63) is 70.2 Å². The average molecular weight is 443 g/mol. The molecule has 5 rings (SSSR count). The fourth-order valence-corrected chi connectivity index (χ4v) is 5.19. The van der Waals surface area contributed by atoms with E-state index in [-0.39, 0.29) is 28.0 Å². The lowest BCUT2D eigenvalue weighted by Crippen LogP contribution is -2.33. The van der Waals surface area contributed by atoms with Crippen LogP contribution in [0.4, 0.5) is 9.52 Å². The summed E-state index contributed by atoms with van der Waals surface area (Å²) in [6.07, 6.45) is 2.33. The van der Waals surface area contributed by atoms with Gasteiger partial charge >= 0.3 is 0 Å². The molecule has 8 heteroatoms. The van der Waals surface area contributed by atoms with Gasteiger partial charge in [-0.05, 0) is 37.1 Å². The molecule has 1 unspecified atom stereocenters. The minimum atomic E-state index is -1.07. The van der Waals surface area contributed by atoms with Crippen molar-refractivity contribution in [2.45, 2.75) is 25.3 Å². The number of Topliss-reactive ketones (excluding diaryl/α,β-unsaturated/α-hetero) is 1. The summed E-state index contributed by atoms with van der Waals surface area (Å²) in [6, 6.07) is 10.1. The first-order chi connectivity index (χ1) is 14.5. The van der Waals surface area contributed by atoms with Crippen molar-refractivity contribution < 1.29 is 19.1 Å². The Morgan fingerprint density at radius 2 is 2.00 bits per heavy atom. The Morgan fingerprint density at radius 3 is 2.70 bits per heavy atom. The molecular weight excluding hydrogens is 427 g/mol. The monoisotopic (exact) mass is 442 g/mol. The van der Waals surface area contributed by atoms with E-state index in [0.717, 1.165) is 11.1 Å². The maximum Gasteiger partial charge on any atom is 0.296 e. The molecule has 0 radical (unpaired) electrons. The highest BCUT2D eigenvalue weighted by Gasteiger charge is 2.48. The number of thiazole rings is 1. The Labute approximate surface area is 180 Å². The molecule has 5 nitrogen and oxygen atoms in total. The number of aliphatic hydroxyl groups is 1. The first-order valence-electron chi connectivity index (χ1n) is 9.57. The highest BCUT2D eigenvalue weighted by atomic mass is 35.5. The van der Waals surface area contributed by atoms with Crippen LogP contribution in [0.3, 0.4) is 0 Å². The van der Waals surface area contributed by atoms with E-state index < -0.39 is 23.5 Å². The number of carbonyl (C=O) groups is 2. The summed E-state index contributed by atoms with van der Waals surface area (Å²) in [4.78, 5) is 31.9. The van der Waals surface area contributed by atoms with Crippen molar-refractivity contribution in [1.82, 2.24) is 4.98 Å². The number of rotatable bonds is 4. The molecule has 2 aromatic carbocycles. The molecule has 0 bridgehead atoms. The zero-order valence-corrected chi connectivity index (χ0v) is 17.2. The van der Waals surface area contributed by atoms with Gasteiger partial charge in [-0.3, -0.25) is 14.5 Å². The molecule has 30 heavy (non-hydrogen) atoms. The minimum Gasteiger partial charge on any atom is -0.503 e. The Balaban J connectivity index is 1.68. The lowest BCUT2D eigenvalue weighted by atomic mass is 9.77. The third kappa shape index (κ3) is 2.92. The molecule has 2 heterocycles. The lowest BCUT2D eigenvalue weighted by molar-refractivity contribution is -0.122. The topological polar surface area (TPSA) is 70.5 Å². The van der Waals surface area contributed by atoms with Gasteiger partial charge in [0.05, 0.1) is 15.8 Å². The zero-order chi connectivity index (χ0) is 21.0. The Kier molecular flexibility index (Phi) is 4.60. The number of benzene rings is 2. The van der Waals surface area contributed by atoms with Gasteiger partial charge in [-0.2, -0.15) is 0 Å². The normalized spacial score (nSPS) is 19.6. The zero-order valence-electron chi connectivity index (χ0n) is 15.6. The second-order valence-electron chi connectivity index (χ2n) is 7.46. The van der Waals surface area contributed by atoms with Gasteiger partial charge in [0.2, 0.25) is 0 Å². The van der Waals surface area contributed by atoms with Gasteiger partial charge in [0, 0.05) is 16.5 Å². The molecule has 1 aliphatic carbocycles. The van der Waals surface area contributed by atoms with Crippen LogP contribution in [-0.4, -0.2) is 21.8 Å². The maximum absolute atomic E-state index is 14.8. The number of anilines is 1. The average Bonchev–Trinajstić information content (AvgIpc) is 3.19. The number of aliphatic hydroxyl groups excluding tert-OH is 1. The van der Waals surface area contributed by atoms with Crippen molar-refractivity contribution in [3.8, 4) is 0 Å². The van der Waals surface area contributed by atoms with Crippen LogP contribution in [0.2, 0.25) is 5.02 Å². The molecule has 0 saturated heterocycles. The Bertz CT molecular complexity index is 1230. The minimum absolute atomic E-state index is 0.0490. The molecule has 0 spiro atoms. The van der Waals surface area contributed by atoms with Crippen LogP contribution >= 0.6 is 22.9 Å². The quantitative estimate of drug-likeness (QED) is 0.590. The summed E-state index contributed by atoms with van der Waals surface area (Å²) in [5, 5.41) is 11.5. The van der Waals surface area contributed by atoms with Gasteiger partial charge in [-0.25, -0.2) is 9.37 Å². The van der Waals surface area contributed by atoms with Crippen LogP contribution in [0.5, 0.6) is 0 Å². The van der Waals surface area contributed by atoms with Crippen LogP contribution in [0.1, 0.15) is 30.9 Å². The molecule has 1 saturated carbocycles. The van der Waals surface area contributed by atoms with Gasteiger partial charge in [-0.1, -0.05) is 47.6 Å². The third-order valence-electron chi connectivity index (χ3n) is 5.69. The smallest absolute Gasteiger partial charge is 0.296 e. The molecule has 3 aromatic rings. The molecule has 152 valence electrons. The largest absolute Gasteiger partial charge is 0.503 e. The summed E-state index contributed by atoms with van der Waals surface area (Å²) in [7, 11) is 0. The van der Waals surface area contributed by atoms with Crippen molar-refractivity contribution in [1.29, 1.82) is 0 Å². The number of halogens is 2. The number of hydrogen-bond acceptors (Lipinski definition) is 5. The molecule has 1 aromatic heterocycles. The number of fused-ring (bicyclic) bond motifs is 1. The van der Waals surface area contributed by atoms with E-state index in [1.54, 1.807) is 24.3 Å². The van der Waals surface area contributed by atoms with E-state index >= 15 is 0 Å². The molecule has 1 N–H and O–H groups in total. The number of aromatic nitrogens is 1. The Morgan fingerprint density at radius 1 is 1.23 bits per heavy atom. The van der Waals surface area contributed by atoms with Crippen LogP contribution < -0.4 is 4.90 Å². The fraction of sp³-hybridized carbons (Fsp3) is 0.227. The number of hydrogen-bond donors (Lipinski definition) is 1. The summed E-state index contributed by atoms with van der Waals surface area (Å²) in [6.45, 7) is 0.